The molecule has 9 heteroatoms. The Morgan fingerprint density at radius 2 is 2.00 bits per heavy atom. The zero-order valence-corrected chi connectivity index (χ0v) is 16.6. The van der Waals surface area contributed by atoms with Gasteiger partial charge in [0.2, 0.25) is 5.95 Å². The third-order valence-electron chi connectivity index (χ3n) is 5.88. The van der Waals surface area contributed by atoms with E-state index in [1.807, 2.05) is 0 Å². The Labute approximate surface area is 172 Å². The van der Waals surface area contributed by atoms with Gasteiger partial charge in [0.15, 0.2) is 5.82 Å². The van der Waals surface area contributed by atoms with Crippen LogP contribution in [-0.2, 0) is 0 Å². The lowest BCUT2D eigenvalue weighted by atomic mass is 9.86. The Balaban J connectivity index is 1.42. The Hall–Kier alpha value is -2.58. The van der Waals surface area contributed by atoms with Crippen LogP contribution in [0.3, 0.4) is 0 Å². The molecule has 1 aromatic carbocycles. The van der Waals surface area contributed by atoms with Crippen LogP contribution in [0.1, 0.15) is 25.7 Å². The lowest BCUT2D eigenvalue weighted by molar-refractivity contribution is 0.295. The topological polar surface area (TPSA) is 78.9 Å². The van der Waals surface area contributed by atoms with Crippen molar-refractivity contribution >= 4 is 40.1 Å². The summed E-state index contributed by atoms with van der Waals surface area (Å²) >= 11 is 5.89. The quantitative estimate of drug-likeness (QED) is 0.678. The monoisotopic (exact) mass is 413 g/mol. The van der Waals surface area contributed by atoms with E-state index in [1.165, 1.54) is 31.3 Å². The molecule has 0 atom stereocenters. The van der Waals surface area contributed by atoms with Crippen LogP contribution in [0.5, 0.6) is 0 Å². The molecule has 0 radical (unpaired) electrons. The molecule has 0 amide bonds. The molecule has 5 rings (SSSR count). The Morgan fingerprint density at radius 1 is 1.14 bits per heavy atom. The van der Waals surface area contributed by atoms with Crippen molar-refractivity contribution in [2.45, 2.75) is 31.2 Å². The highest BCUT2D eigenvalue weighted by atomic mass is 35.5. The van der Waals surface area contributed by atoms with Crippen molar-refractivity contribution in [3.63, 3.8) is 0 Å². The highest BCUT2D eigenvalue weighted by Crippen LogP contribution is 2.32. The van der Waals surface area contributed by atoms with Crippen molar-refractivity contribution in [1.82, 2.24) is 25.3 Å². The molecule has 2 fully saturated rings. The van der Waals surface area contributed by atoms with Crippen molar-refractivity contribution in [2.24, 2.45) is 0 Å². The van der Waals surface area contributed by atoms with Gasteiger partial charge < -0.3 is 15.5 Å². The number of anilines is 3. The summed E-state index contributed by atoms with van der Waals surface area (Å²) in [6.45, 7) is 2.96. The minimum atomic E-state index is -0.464. The number of aromatic nitrogens is 4. The average molecular weight is 414 g/mol. The molecule has 150 valence electrons. The first kappa shape index (κ1) is 18.4. The van der Waals surface area contributed by atoms with Crippen LogP contribution >= 0.6 is 11.6 Å². The molecule has 2 aliphatic heterocycles. The summed E-state index contributed by atoms with van der Waals surface area (Å²) in [5.41, 5.74) is 2.19. The number of fused-ring (bicyclic) bond motifs is 1. The second kappa shape index (κ2) is 7.35. The standard InChI is InChI=1S/C20H21ClFN7/c21-14-10-13(2-3-15(14)22)27-18-17-16(24-12-25-18)11-23-19(28-17)29-8-5-20(6-9-29)4-1-7-26-20/h2-3,10-12,26H,1,4-9H2,(H,24,25,27). The number of nitrogens with one attached hydrogen (secondary N) is 2. The first-order valence-electron chi connectivity index (χ1n) is 9.82. The number of hydrogen-bond acceptors (Lipinski definition) is 7. The van der Waals surface area contributed by atoms with E-state index in [1.54, 1.807) is 12.3 Å². The molecule has 2 aromatic heterocycles. The Morgan fingerprint density at radius 3 is 2.76 bits per heavy atom. The van der Waals surface area contributed by atoms with E-state index in [0.717, 1.165) is 32.5 Å². The minimum Gasteiger partial charge on any atom is -0.341 e. The maximum atomic E-state index is 13.4. The number of halogens is 2. The lowest BCUT2D eigenvalue weighted by Crippen LogP contribution is -2.50. The maximum absolute atomic E-state index is 13.4. The molecule has 0 unspecified atom stereocenters. The van der Waals surface area contributed by atoms with E-state index in [-0.39, 0.29) is 5.02 Å². The van der Waals surface area contributed by atoms with Crippen molar-refractivity contribution < 1.29 is 4.39 Å². The molecule has 4 heterocycles. The highest BCUT2D eigenvalue weighted by Gasteiger charge is 2.37. The number of hydrogen-bond donors (Lipinski definition) is 2. The third kappa shape index (κ3) is 3.58. The van der Waals surface area contributed by atoms with Gasteiger partial charge in [0, 0.05) is 24.3 Å². The van der Waals surface area contributed by atoms with Gasteiger partial charge in [-0.2, -0.15) is 0 Å². The second-order valence-electron chi connectivity index (χ2n) is 7.68. The fraction of sp³-hybridized carbons (Fsp3) is 0.400. The van der Waals surface area contributed by atoms with Gasteiger partial charge in [-0.15, -0.1) is 0 Å². The Bertz CT molecular complexity index is 1040. The summed E-state index contributed by atoms with van der Waals surface area (Å²) < 4.78 is 13.4. The fourth-order valence-electron chi connectivity index (χ4n) is 4.23. The smallest absolute Gasteiger partial charge is 0.226 e. The van der Waals surface area contributed by atoms with Crippen LogP contribution in [0.4, 0.5) is 21.8 Å². The van der Waals surface area contributed by atoms with Gasteiger partial charge in [-0.05, 0) is 50.4 Å². The summed E-state index contributed by atoms with van der Waals surface area (Å²) in [7, 11) is 0. The molecule has 2 aliphatic rings. The summed E-state index contributed by atoms with van der Waals surface area (Å²) in [4.78, 5) is 20.1. The van der Waals surface area contributed by atoms with E-state index < -0.39 is 5.82 Å². The van der Waals surface area contributed by atoms with Gasteiger partial charge in [0.05, 0.1) is 11.2 Å². The van der Waals surface area contributed by atoms with Crippen LogP contribution in [0.2, 0.25) is 5.02 Å². The molecular formula is C20H21ClFN7. The van der Waals surface area contributed by atoms with Gasteiger partial charge in [-0.3, -0.25) is 0 Å². The van der Waals surface area contributed by atoms with Gasteiger partial charge >= 0.3 is 0 Å². The Kier molecular flexibility index (Phi) is 4.67. The number of rotatable bonds is 3. The predicted molar refractivity (Wildman–Crippen MR) is 111 cm³/mol. The van der Waals surface area contributed by atoms with E-state index in [9.17, 15) is 4.39 Å². The van der Waals surface area contributed by atoms with Crippen molar-refractivity contribution in [2.75, 3.05) is 29.9 Å². The molecular weight excluding hydrogens is 393 g/mol. The predicted octanol–water partition coefficient (Wildman–Crippen LogP) is 3.68. The molecule has 2 saturated heterocycles. The van der Waals surface area contributed by atoms with E-state index in [4.69, 9.17) is 16.6 Å². The molecule has 7 nitrogen and oxygen atoms in total. The number of nitrogens with zero attached hydrogens (tertiary/aromatic N) is 5. The normalized spacial score (nSPS) is 18.5. The highest BCUT2D eigenvalue weighted by molar-refractivity contribution is 6.31. The molecule has 3 aromatic rings. The van der Waals surface area contributed by atoms with E-state index in [0.29, 0.717) is 34.0 Å². The SMILES string of the molecule is Fc1ccc(Nc2ncnc3cnc(N4CCC5(CCCN5)CC4)nc23)cc1Cl. The number of piperidine rings is 1. The lowest BCUT2D eigenvalue weighted by Gasteiger charge is -2.39. The second-order valence-corrected chi connectivity index (χ2v) is 8.08. The maximum Gasteiger partial charge on any atom is 0.226 e. The van der Waals surface area contributed by atoms with Crippen molar-refractivity contribution in [3.05, 3.63) is 41.6 Å². The van der Waals surface area contributed by atoms with Gasteiger partial charge in [0.25, 0.3) is 0 Å². The molecule has 0 saturated carbocycles. The first-order chi connectivity index (χ1) is 14.1. The van der Waals surface area contributed by atoms with Gasteiger partial charge in [0.1, 0.15) is 23.2 Å². The summed E-state index contributed by atoms with van der Waals surface area (Å²) in [5.74, 6) is 0.751. The van der Waals surface area contributed by atoms with Crippen LogP contribution in [0, 0.1) is 5.82 Å². The molecule has 2 N–H and O–H groups in total. The van der Waals surface area contributed by atoms with Gasteiger partial charge in [-0.25, -0.2) is 24.3 Å². The summed E-state index contributed by atoms with van der Waals surface area (Å²) in [6.07, 6.45) is 7.88. The van der Waals surface area contributed by atoms with Crippen molar-refractivity contribution in [1.29, 1.82) is 0 Å². The largest absolute Gasteiger partial charge is 0.341 e. The molecule has 1 spiro atoms. The number of benzene rings is 1. The van der Waals surface area contributed by atoms with Crippen molar-refractivity contribution in [3.8, 4) is 0 Å². The zero-order valence-electron chi connectivity index (χ0n) is 15.8. The zero-order chi connectivity index (χ0) is 19.8. The van der Waals surface area contributed by atoms with Crippen LogP contribution in [-0.4, -0.2) is 45.1 Å². The third-order valence-corrected chi connectivity index (χ3v) is 6.17. The summed E-state index contributed by atoms with van der Waals surface area (Å²) in [5, 5.41) is 6.89. The van der Waals surface area contributed by atoms with Crippen LogP contribution < -0.4 is 15.5 Å². The average Bonchev–Trinajstić information content (AvgIpc) is 3.19. The van der Waals surface area contributed by atoms with Gasteiger partial charge in [-0.1, -0.05) is 11.6 Å². The van der Waals surface area contributed by atoms with Crippen LogP contribution in [0.15, 0.2) is 30.7 Å². The molecule has 29 heavy (non-hydrogen) atoms. The molecule has 0 aliphatic carbocycles. The first-order valence-corrected chi connectivity index (χ1v) is 10.2. The minimum absolute atomic E-state index is 0.0476. The van der Waals surface area contributed by atoms with E-state index in [2.05, 4.69) is 30.5 Å². The van der Waals surface area contributed by atoms with Crippen LogP contribution in [0.25, 0.3) is 11.0 Å². The fourth-order valence-corrected chi connectivity index (χ4v) is 4.41. The molecule has 0 bridgehead atoms. The summed E-state index contributed by atoms with van der Waals surface area (Å²) in [6, 6.07) is 4.44. The van der Waals surface area contributed by atoms with E-state index >= 15 is 0 Å².